The molecular formula is C23H29NO4. The smallest absolute Gasteiger partial charge is 0.123 e. The van der Waals surface area contributed by atoms with Gasteiger partial charge in [-0.1, -0.05) is 30.3 Å². The van der Waals surface area contributed by atoms with Gasteiger partial charge in [0.25, 0.3) is 0 Å². The molecule has 2 aliphatic rings. The highest BCUT2D eigenvalue weighted by molar-refractivity contribution is 5.34. The van der Waals surface area contributed by atoms with E-state index in [4.69, 9.17) is 14.2 Å². The van der Waals surface area contributed by atoms with Crippen LogP contribution in [0.5, 0.6) is 11.5 Å². The van der Waals surface area contributed by atoms with Crippen LogP contribution in [0.2, 0.25) is 0 Å². The maximum absolute atomic E-state index is 10.4. The number of aliphatic hydroxyl groups excluding tert-OH is 1. The Morgan fingerprint density at radius 1 is 1.11 bits per heavy atom. The lowest BCUT2D eigenvalue weighted by atomic mass is 10.1. The Balaban J connectivity index is 1.21. The molecule has 1 fully saturated rings. The standard InChI is InChI=1S/C23H29NO4/c1-26-19-6-4-7-20(13-19)28-21-11-12-24(15-21)14-18(25)16-27-23-10-9-17-5-2-3-8-22(17)23/h2-8,13,18,21,23,25H,9-12,14-16H2,1H3/t18?,21-,23?/m0/s1. The summed E-state index contributed by atoms with van der Waals surface area (Å²) in [5.74, 6) is 1.63. The first kappa shape index (κ1) is 19.2. The Morgan fingerprint density at radius 3 is 2.86 bits per heavy atom. The minimum Gasteiger partial charge on any atom is -0.497 e. The first-order valence-electron chi connectivity index (χ1n) is 10.1. The van der Waals surface area contributed by atoms with Gasteiger partial charge in [0.2, 0.25) is 0 Å². The maximum atomic E-state index is 10.4. The van der Waals surface area contributed by atoms with E-state index < -0.39 is 6.10 Å². The van der Waals surface area contributed by atoms with E-state index in [-0.39, 0.29) is 12.2 Å². The van der Waals surface area contributed by atoms with Gasteiger partial charge in [0, 0.05) is 25.7 Å². The zero-order valence-corrected chi connectivity index (χ0v) is 16.4. The van der Waals surface area contributed by atoms with Gasteiger partial charge >= 0.3 is 0 Å². The van der Waals surface area contributed by atoms with Gasteiger partial charge in [-0.2, -0.15) is 0 Å². The summed E-state index contributed by atoms with van der Waals surface area (Å²) in [5.41, 5.74) is 2.65. The molecule has 28 heavy (non-hydrogen) atoms. The van der Waals surface area contributed by atoms with Crippen LogP contribution in [0.15, 0.2) is 48.5 Å². The van der Waals surface area contributed by atoms with E-state index in [0.29, 0.717) is 13.2 Å². The average molecular weight is 383 g/mol. The van der Waals surface area contributed by atoms with Gasteiger partial charge < -0.3 is 19.3 Å². The number of hydrogen-bond acceptors (Lipinski definition) is 5. The van der Waals surface area contributed by atoms with Crippen molar-refractivity contribution in [1.82, 2.24) is 4.90 Å². The summed E-state index contributed by atoms with van der Waals surface area (Å²) in [6, 6.07) is 16.1. The molecule has 2 aromatic carbocycles. The monoisotopic (exact) mass is 383 g/mol. The zero-order valence-electron chi connectivity index (χ0n) is 16.4. The summed E-state index contributed by atoms with van der Waals surface area (Å²) in [4.78, 5) is 2.25. The Hall–Kier alpha value is -2.08. The molecule has 1 N–H and O–H groups in total. The number of fused-ring (bicyclic) bond motifs is 1. The highest BCUT2D eigenvalue weighted by atomic mass is 16.5. The van der Waals surface area contributed by atoms with E-state index >= 15 is 0 Å². The molecule has 0 bridgehead atoms. The molecule has 3 atom stereocenters. The van der Waals surface area contributed by atoms with Gasteiger partial charge in [-0.3, -0.25) is 4.90 Å². The van der Waals surface area contributed by atoms with Crippen LogP contribution in [0.25, 0.3) is 0 Å². The summed E-state index contributed by atoms with van der Waals surface area (Å²) in [6.07, 6.45) is 2.80. The number of ether oxygens (including phenoxy) is 3. The number of aliphatic hydroxyl groups is 1. The van der Waals surface area contributed by atoms with Gasteiger partial charge in [-0.25, -0.2) is 0 Å². The third-order valence-electron chi connectivity index (χ3n) is 5.61. The molecule has 1 heterocycles. The lowest BCUT2D eigenvalue weighted by molar-refractivity contribution is -0.0200. The number of methoxy groups -OCH3 is 1. The first-order chi connectivity index (χ1) is 13.7. The molecule has 5 nitrogen and oxygen atoms in total. The topological polar surface area (TPSA) is 51.2 Å². The van der Waals surface area contributed by atoms with Crippen LogP contribution in [-0.2, 0) is 11.2 Å². The number of β-amino-alcohol motifs (C(OH)–C–C–N with tert-alkyl or cyclic N) is 1. The molecule has 0 saturated carbocycles. The molecule has 1 aliphatic heterocycles. The molecule has 2 unspecified atom stereocenters. The summed E-state index contributed by atoms with van der Waals surface area (Å²) in [6.45, 7) is 2.74. The number of aryl methyl sites for hydroxylation is 1. The highest BCUT2D eigenvalue weighted by Crippen LogP contribution is 2.33. The van der Waals surface area contributed by atoms with Crippen molar-refractivity contribution in [3.05, 3.63) is 59.7 Å². The van der Waals surface area contributed by atoms with Crippen LogP contribution in [0.1, 0.15) is 30.1 Å². The minimum atomic E-state index is -0.483. The molecule has 150 valence electrons. The number of likely N-dealkylation sites (tertiary alicyclic amines) is 1. The molecule has 0 amide bonds. The van der Waals surface area contributed by atoms with E-state index in [1.54, 1.807) is 7.11 Å². The third kappa shape index (κ3) is 4.66. The minimum absolute atomic E-state index is 0.119. The Morgan fingerprint density at radius 2 is 1.96 bits per heavy atom. The fourth-order valence-electron chi connectivity index (χ4n) is 4.20. The molecular weight excluding hydrogens is 354 g/mol. The quantitative estimate of drug-likeness (QED) is 0.759. The second-order valence-electron chi connectivity index (χ2n) is 7.68. The summed E-state index contributed by atoms with van der Waals surface area (Å²) >= 11 is 0. The molecule has 5 heteroatoms. The van der Waals surface area contributed by atoms with Crippen LogP contribution in [-0.4, -0.2) is 55.6 Å². The number of benzene rings is 2. The van der Waals surface area contributed by atoms with Crippen molar-refractivity contribution >= 4 is 0 Å². The lowest BCUT2D eigenvalue weighted by Gasteiger charge is -2.22. The molecule has 0 aromatic heterocycles. The SMILES string of the molecule is COc1cccc(O[C@H]2CCN(CC(O)COC3CCc4ccccc43)C2)c1. The van der Waals surface area contributed by atoms with Crippen LogP contribution in [0.4, 0.5) is 0 Å². The predicted octanol–water partition coefficient (Wildman–Crippen LogP) is 3.21. The van der Waals surface area contributed by atoms with Crippen LogP contribution < -0.4 is 9.47 Å². The number of nitrogens with zero attached hydrogens (tertiary/aromatic N) is 1. The highest BCUT2D eigenvalue weighted by Gasteiger charge is 2.27. The van der Waals surface area contributed by atoms with Crippen molar-refractivity contribution < 1.29 is 19.3 Å². The van der Waals surface area contributed by atoms with E-state index in [1.807, 2.05) is 24.3 Å². The first-order valence-corrected chi connectivity index (χ1v) is 10.1. The molecule has 1 aliphatic carbocycles. The second kappa shape index (κ2) is 8.95. The lowest BCUT2D eigenvalue weighted by Crippen LogP contribution is -2.35. The molecule has 0 radical (unpaired) electrons. The van der Waals surface area contributed by atoms with Gasteiger partial charge in [0.1, 0.15) is 17.6 Å². The molecule has 1 saturated heterocycles. The van der Waals surface area contributed by atoms with Gasteiger partial charge in [0.05, 0.1) is 25.9 Å². The van der Waals surface area contributed by atoms with E-state index in [2.05, 4.69) is 29.2 Å². The zero-order chi connectivity index (χ0) is 19.3. The second-order valence-corrected chi connectivity index (χ2v) is 7.68. The molecule has 0 spiro atoms. The maximum Gasteiger partial charge on any atom is 0.123 e. The van der Waals surface area contributed by atoms with E-state index in [9.17, 15) is 5.11 Å². The Bertz CT molecular complexity index is 781. The van der Waals surface area contributed by atoms with Crippen molar-refractivity contribution in [2.24, 2.45) is 0 Å². The van der Waals surface area contributed by atoms with Crippen molar-refractivity contribution in [2.75, 3.05) is 33.4 Å². The summed E-state index contributed by atoms with van der Waals surface area (Å²) in [7, 11) is 1.66. The van der Waals surface area contributed by atoms with Crippen LogP contribution in [0.3, 0.4) is 0 Å². The normalized spacial score (nSPS) is 22.8. The van der Waals surface area contributed by atoms with Crippen LogP contribution in [0, 0.1) is 0 Å². The van der Waals surface area contributed by atoms with Crippen molar-refractivity contribution in [2.45, 2.75) is 37.6 Å². The van der Waals surface area contributed by atoms with Crippen molar-refractivity contribution in [3.8, 4) is 11.5 Å². The fraction of sp³-hybridized carbons (Fsp3) is 0.478. The molecule has 4 rings (SSSR count). The van der Waals surface area contributed by atoms with Gasteiger partial charge in [0.15, 0.2) is 0 Å². The third-order valence-corrected chi connectivity index (χ3v) is 5.61. The average Bonchev–Trinajstić information content (AvgIpc) is 3.33. The van der Waals surface area contributed by atoms with Gasteiger partial charge in [-0.15, -0.1) is 0 Å². The molecule has 2 aromatic rings. The fourth-order valence-corrected chi connectivity index (χ4v) is 4.20. The predicted molar refractivity (Wildman–Crippen MR) is 108 cm³/mol. The summed E-state index contributed by atoms with van der Waals surface area (Å²) in [5, 5.41) is 10.4. The van der Waals surface area contributed by atoms with E-state index in [0.717, 1.165) is 43.9 Å². The Labute approximate surface area is 166 Å². The number of rotatable bonds is 8. The summed E-state index contributed by atoms with van der Waals surface area (Å²) < 4.78 is 17.3. The Kier molecular flexibility index (Phi) is 6.15. The van der Waals surface area contributed by atoms with Crippen molar-refractivity contribution in [1.29, 1.82) is 0 Å². The van der Waals surface area contributed by atoms with E-state index in [1.165, 1.54) is 11.1 Å². The number of hydrogen-bond donors (Lipinski definition) is 1. The van der Waals surface area contributed by atoms with Gasteiger partial charge in [-0.05, 0) is 42.5 Å². The largest absolute Gasteiger partial charge is 0.497 e. The van der Waals surface area contributed by atoms with Crippen LogP contribution >= 0.6 is 0 Å². The van der Waals surface area contributed by atoms with Crippen molar-refractivity contribution in [3.63, 3.8) is 0 Å².